The van der Waals surface area contributed by atoms with Gasteiger partial charge in [0, 0.05) is 17.6 Å². The maximum atomic E-state index is 8.56. The Labute approximate surface area is 85.7 Å². The van der Waals surface area contributed by atoms with Crippen LogP contribution < -0.4 is 51.4 Å². The molecule has 1 N–H and O–H groups in total. The topological polar surface area (TPSA) is 78.2 Å². The first-order chi connectivity index (χ1) is 2.73. The van der Waals surface area contributed by atoms with E-state index in [9.17, 15) is 0 Å². The maximum absolute atomic E-state index is 8.56. The molecule has 4 nitrogen and oxygen atoms in total. The predicted molar refractivity (Wildman–Crippen MR) is 18.0 cm³/mol. The molecule has 0 unspecified atom stereocenters. The molecule has 36 valence electrons. The van der Waals surface area contributed by atoms with Crippen molar-refractivity contribution >= 4 is 11.0 Å². The molecule has 0 aliphatic carbocycles. The summed E-state index contributed by atoms with van der Waals surface area (Å²) in [5.74, 6) is 0. The molecule has 0 saturated carbocycles. The van der Waals surface area contributed by atoms with Crippen molar-refractivity contribution in [3.63, 3.8) is 0 Å². The van der Waals surface area contributed by atoms with Crippen molar-refractivity contribution in [3.05, 3.63) is 0 Å². The van der Waals surface area contributed by atoms with Crippen LogP contribution in [-0.4, -0.2) is 4.55 Å². The Morgan fingerprint density at radius 1 is 1.43 bits per heavy atom. The van der Waals surface area contributed by atoms with Crippen molar-refractivity contribution in [1.82, 2.24) is 0 Å². The Morgan fingerprint density at radius 2 is 1.43 bits per heavy atom. The summed E-state index contributed by atoms with van der Waals surface area (Å²) in [4.78, 5) is 0. The summed E-state index contributed by atoms with van der Waals surface area (Å²) in [6.45, 7) is 3.50. The van der Waals surface area contributed by atoms with Crippen LogP contribution in [0.3, 0.4) is 0 Å². The summed E-state index contributed by atoms with van der Waals surface area (Å²) in [5.41, 5.74) is 0. The molecular weight excluding hydrogens is 145 g/mol. The van der Waals surface area contributed by atoms with Gasteiger partial charge in [-0.15, -0.1) is 0 Å². The molecular formula is CH2KNO3S. The van der Waals surface area contributed by atoms with Crippen LogP contribution in [-0.2, 0) is 19.4 Å². The van der Waals surface area contributed by atoms with Crippen molar-refractivity contribution in [3.8, 4) is 6.57 Å². The average molecular weight is 147 g/mol. The summed E-state index contributed by atoms with van der Waals surface area (Å²) in [6, 6.07) is 0. The van der Waals surface area contributed by atoms with Gasteiger partial charge >= 0.3 is 51.4 Å². The molecule has 0 atom stereocenters. The number of hydrogen-bond acceptors (Lipinski definition) is 4. The zero-order valence-electron chi connectivity index (χ0n) is 3.70. The van der Waals surface area contributed by atoms with E-state index >= 15 is 0 Å². The van der Waals surface area contributed by atoms with Gasteiger partial charge in [0.15, 0.2) is 0 Å². The summed E-state index contributed by atoms with van der Waals surface area (Å²) in [6.07, 6.45) is 0. The van der Waals surface area contributed by atoms with Crippen molar-refractivity contribution in [2.45, 2.75) is 0 Å². The van der Waals surface area contributed by atoms with Crippen LogP contribution in [0.15, 0.2) is 0 Å². The Balaban J connectivity index is -0.0000000480. The predicted octanol–water partition coefficient (Wildman–Crippen LogP) is -3.09. The molecule has 7 heavy (non-hydrogen) atoms. The average Bonchev–Trinajstić information content (AvgIpc) is 1.41. The van der Waals surface area contributed by atoms with Gasteiger partial charge in [0.2, 0.25) is 0 Å². The smallest absolute Gasteiger partial charge is 0.439 e. The summed E-state index contributed by atoms with van der Waals surface area (Å²) < 4.78 is 24.1. The Bertz CT molecular complexity index is 88.4. The number of hydrogen-bond donors (Lipinski definition) is 1. The van der Waals surface area contributed by atoms with E-state index in [0.717, 1.165) is 0 Å². The van der Waals surface area contributed by atoms with Crippen molar-refractivity contribution in [2.75, 3.05) is 0 Å². The first kappa shape index (κ1) is 15.7. The van der Waals surface area contributed by atoms with Crippen molar-refractivity contribution < 1.29 is 64.4 Å². The van der Waals surface area contributed by atoms with Gasteiger partial charge in [0.1, 0.15) is 0 Å². The normalized spacial score (nSPS) is 5.14. The third-order valence-electron chi connectivity index (χ3n) is 0. The molecule has 0 aromatic carbocycles. The van der Waals surface area contributed by atoms with Gasteiger partial charge in [0.05, 0.1) is 0 Å². The third kappa shape index (κ3) is 166. The summed E-state index contributed by atoms with van der Waals surface area (Å²) in [7, 11) is -2.86. The fraction of sp³-hybridized carbons (Fsp3) is 0. The summed E-state index contributed by atoms with van der Waals surface area (Å²) in [5, 5.41) is 6.50. The fourth-order valence-electron chi connectivity index (χ4n) is 0. The quantitative estimate of drug-likeness (QED) is 0.170. The molecule has 0 radical (unpaired) electrons. The van der Waals surface area contributed by atoms with Crippen LogP contribution in [0.25, 0.3) is 0 Å². The SMILES string of the molecule is C#N.O=[S-](=O)O.[K+]. The van der Waals surface area contributed by atoms with E-state index in [0.29, 0.717) is 0 Å². The fourth-order valence-corrected chi connectivity index (χ4v) is 0. The molecule has 0 bridgehead atoms. The van der Waals surface area contributed by atoms with E-state index < -0.39 is 11.0 Å². The molecule has 0 saturated heterocycles. The van der Waals surface area contributed by atoms with Gasteiger partial charge in [-0.05, 0) is 0 Å². The number of rotatable bonds is 0. The van der Waals surface area contributed by atoms with Crippen LogP contribution in [0, 0.1) is 11.8 Å². The first-order valence-corrected chi connectivity index (χ1v) is 1.81. The minimum absolute atomic E-state index is 0. The van der Waals surface area contributed by atoms with Crippen LogP contribution in [0.4, 0.5) is 0 Å². The van der Waals surface area contributed by atoms with E-state index in [1.54, 1.807) is 0 Å². The summed E-state index contributed by atoms with van der Waals surface area (Å²) >= 11 is 0. The second kappa shape index (κ2) is 15.7. The first-order valence-electron chi connectivity index (χ1n) is 0.774. The standard InChI is InChI=1S/CHN.K.HO3S/c1-2;;1-4(2)3/h1H;;(H,1,2,3)/q;+1;-1. The second-order valence-electron chi connectivity index (χ2n) is 0.217. The number of nitrogens with zero attached hydrogens (tertiary/aromatic N) is 1. The van der Waals surface area contributed by atoms with E-state index in [4.69, 9.17) is 18.2 Å². The molecule has 6 heteroatoms. The van der Waals surface area contributed by atoms with Gasteiger partial charge in [-0.1, -0.05) is 0 Å². The van der Waals surface area contributed by atoms with Gasteiger partial charge in [-0.25, -0.2) is 5.26 Å². The largest absolute Gasteiger partial charge is 1.00 e. The molecule has 0 spiro atoms. The van der Waals surface area contributed by atoms with Crippen molar-refractivity contribution in [1.29, 1.82) is 5.26 Å². The zero-order chi connectivity index (χ0) is 5.58. The molecule has 0 aromatic rings. The van der Waals surface area contributed by atoms with Crippen molar-refractivity contribution in [2.24, 2.45) is 0 Å². The van der Waals surface area contributed by atoms with E-state index in [2.05, 4.69) is 6.57 Å². The molecule has 0 fully saturated rings. The third-order valence-corrected chi connectivity index (χ3v) is 0. The number of nitriles is 1. The molecule has 0 aromatic heterocycles. The van der Waals surface area contributed by atoms with E-state index in [1.807, 2.05) is 0 Å². The Morgan fingerprint density at radius 3 is 1.43 bits per heavy atom. The van der Waals surface area contributed by atoms with Gasteiger partial charge in [-0.3, -0.25) is 0 Å². The van der Waals surface area contributed by atoms with Crippen LogP contribution in [0.1, 0.15) is 0 Å². The Hall–Kier alpha value is 1.04. The van der Waals surface area contributed by atoms with Crippen LogP contribution in [0.5, 0.6) is 0 Å². The minimum atomic E-state index is -2.86. The van der Waals surface area contributed by atoms with E-state index in [-0.39, 0.29) is 51.4 Å². The maximum Gasteiger partial charge on any atom is 1.00 e. The molecule has 0 amide bonds. The van der Waals surface area contributed by atoms with Gasteiger partial charge < -0.3 is 13.0 Å². The van der Waals surface area contributed by atoms with Crippen LogP contribution in [0.2, 0.25) is 0 Å². The van der Waals surface area contributed by atoms with Gasteiger partial charge in [-0.2, -0.15) is 0 Å². The molecule has 0 heterocycles. The van der Waals surface area contributed by atoms with E-state index in [1.165, 1.54) is 0 Å². The second-order valence-corrected chi connectivity index (χ2v) is 0.651. The molecule has 0 aliphatic heterocycles. The Kier molecular flexibility index (Phi) is 35.3. The monoisotopic (exact) mass is 147 g/mol. The molecule has 0 rings (SSSR count). The van der Waals surface area contributed by atoms with Gasteiger partial charge in [0.25, 0.3) is 0 Å². The molecule has 0 aliphatic rings. The van der Waals surface area contributed by atoms with Crippen LogP contribution >= 0.6 is 0 Å². The zero-order valence-corrected chi connectivity index (χ0v) is 7.64. The minimum Gasteiger partial charge on any atom is -0.439 e.